The number of carbonyl (C=O) groups excluding carboxylic acids is 1. The standard InChI is InChI=1S/C12H17NO5/c1-18-7-8(4-5-14)13-12(17)10-6-9(15)2-3-11(10)16/h2-3,6,8,14-16H,4-5,7H2,1H3,(H,13,17). The van der Waals surface area contributed by atoms with Gasteiger partial charge in [0.05, 0.1) is 18.2 Å². The fourth-order valence-corrected chi connectivity index (χ4v) is 1.52. The van der Waals surface area contributed by atoms with Crippen LogP contribution in [0.15, 0.2) is 18.2 Å². The Balaban J connectivity index is 2.76. The number of ether oxygens (including phenoxy) is 1. The van der Waals surface area contributed by atoms with Gasteiger partial charge in [0.15, 0.2) is 0 Å². The van der Waals surface area contributed by atoms with E-state index in [9.17, 15) is 15.0 Å². The maximum absolute atomic E-state index is 11.9. The van der Waals surface area contributed by atoms with Crippen LogP contribution in [0.1, 0.15) is 16.8 Å². The number of phenolic OH excluding ortho intramolecular Hbond substituents is 2. The van der Waals surface area contributed by atoms with E-state index in [1.165, 1.54) is 25.3 Å². The minimum absolute atomic E-state index is 0.0194. The molecule has 0 aliphatic rings. The van der Waals surface area contributed by atoms with Gasteiger partial charge in [0.25, 0.3) is 5.91 Å². The van der Waals surface area contributed by atoms with E-state index < -0.39 is 5.91 Å². The van der Waals surface area contributed by atoms with Crippen molar-refractivity contribution in [3.05, 3.63) is 23.8 Å². The lowest BCUT2D eigenvalue weighted by atomic mass is 10.1. The average Bonchev–Trinajstić information content (AvgIpc) is 2.33. The third-order valence-electron chi connectivity index (χ3n) is 2.41. The number of hydrogen-bond acceptors (Lipinski definition) is 5. The zero-order valence-electron chi connectivity index (χ0n) is 10.1. The van der Waals surface area contributed by atoms with Crippen molar-refractivity contribution in [3.8, 4) is 11.5 Å². The molecule has 4 N–H and O–H groups in total. The molecule has 0 saturated carbocycles. The number of carbonyl (C=O) groups is 1. The second kappa shape index (κ2) is 6.83. The maximum atomic E-state index is 11.9. The predicted molar refractivity (Wildman–Crippen MR) is 64.6 cm³/mol. The summed E-state index contributed by atoms with van der Waals surface area (Å²) in [4.78, 5) is 11.9. The Labute approximate surface area is 105 Å². The molecule has 1 aromatic carbocycles. The molecule has 1 aromatic rings. The van der Waals surface area contributed by atoms with Crippen LogP contribution < -0.4 is 5.32 Å². The Morgan fingerprint density at radius 3 is 2.78 bits per heavy atom. The monoisotopic (exact) mass is 255 g/mol. The first-order chi connectivity index (χ1) is 8.58. The van der Waals surface area contributed by atoms with E-state index in [0.717, 1.165) is 0 Å². The summed E-state index contributed by atoms with van der Waals surface area (Å²) in [5, 5.41) is 30.3. The van der Waals surface area contributed by atoms with E-state index in [-0.39, 0.29) is 36.3 Å². The predicted octanol–water partition coefficient (Wildman–Crippen LogP) is 0.225. The molecule has 0 aliphatic carbocycles. The van der Waals surface area contributed by atoms with Gasteiger partial charge in [-0.3, -0.25) is 4.79 Å². The molecule has 0 saturated heterocycles. The molecular weight excluding hydrogens is 238 g/mol. The molecule has 0 fully saturated rings. The summed E-state index contributed by atoms with van der Waals surface area (Å²) in [7, 11) is 1.49. The molecule has 0 radical (unpaired) electrons. The van der Waals surface area contributed by atoms with Crippen LogP contribution in [0.4, 0.5) is 0 Å². The molecule has 6 heteroatoms. The molecule has 6 nitrogen and oxygen atoms in total. The van der Waals surface area contributed by atoms with Crippen molar-refractivity contribution < 1.29 is 24.9 Å². The van der Waals surface area contributed by atoms with Gasteiger partial charge in [-0.25, -0.2) is 0 Å². The number of aromatic hydroxyl groups is 2. The molecule has 0 aromatic heterocycles. The number of nitrogens with one attached hydrogen (secondary N) is 1. The summed E-state index contributed by atoms with van der Waals surface area (Å²) >= 11 is 0. The minimum Gasteiger partial charge on any atom is -0.508 e. The van der Waals surface area contributed by atoms with Crippen molar-refractivity contribution >= 4 is 5.91 Å². The SMILES string of the molecule is COCC(CCO)NC(=O)c1cc(O)ccc1O. The Kier molecular flexibility index (Phi) is 5.41. The molecule has 18 heavy (non-hydrogen) atoms. The fourth-order valence-electron chi connectivity index (χ4n) is 1.52. The van der Waals surface area contributed by atoms with Gasteiger partial charge >= 0.3 is 0 Å². The van der Waals surface area contributed by atoms with Crippen LogP contribution in [0.5, 0.6) is 11.5 Å². The topological polar surface area (TPSA) is 99.0 Å². The second-order valence-electron chi connectivity index (χ2n) is 3.84. The largest absolute Gasteiger partial charge is 0.508 e. The number of rotatable bonds is 6. The van der Waals surface area contributed by atoms with Crippen molar-refractivity contribution in [1.29, 1.82) is 0 Å². The summed E-state index contributed by atoms with van der Waals surface area (Å²) < 4.78 is 4.91. The Morgan fingerprint density at radius 2 is 2.17 bits per heavy atom. The highest BCUT2D eigenvalue weighted by molar-refractivity contribution is 5.97. The zero-order chi connectivity index (χ0) is 13.5. The Morgan fingerprint density at radius 1 is 1.44 bits per heavy atom. The van der Waals surface area contributed by atoms with Crippen LogP contribution in [0.3, 0.4) is 0 Å². The van der Waals surface area contributed by atoms with E-state index in [1.54, 1.807) is 0 Å². The van der Waals surface area contributed by atoms with E-state index >= 15 is 0 Å². The Hall–Kier alpha value is -1.79. The molecule has 1 rings (SSSR count). The summed E-state index contributed by atoms with van der Waals surface area (Å²) in [6, 6.07) is 3.34. The van der Waals surface area contributed by atoms with Crippen LogP contribution in [-0.4, -0.2) is 47.6 Å². The molecule has 100 valence electrons. The highest BCUT2D eigenvalue weighted by atomic mass is 16.5. The first-order valence-corrected chi connectivity index (χ1v) is 5.51. The highest BCUT2D eigenvalue weighted by Gasteiger charge is 2.16. The number of amides is 1. The maximum Gasteiger partial charge on any atom is 0.255 e. The molecule has 0 aliphatic heterocycles. The van der Waals surface area contributed by atoms with Crippen molar-refractivity contribution in [1.82, 2.24) is 5.32 Å². The van der Waals surface area contributed by atoms with Gasteiger partial charge in [0.2, 0.25) is 0 Å². The molecular formula is C12H17NO5. The van der Waals surface area contributed by atoms with Crippen LogP contribution in [-0.2, 0) is 4.74 Å². The van der Waals surface area contributed by atoms with Crippen LogP contribution in [0.25, 0.3) is 0 Å². The fraction of sp³-hybridized carbons (Fsp3) is 0.417. The lowest BCUT2D eigenvalue weighted by Crippen LogP contribution is -2.38. The quantitative estimate of drug-likeness (QED) is 0.545. The van der Waals surface area contributed by atoms with E-state index in [4.69, 9.17) is 9.84 Å². The van der Waals surface area contributed by atoms with Gasteiger partial charge in [0.1, 0.15) is 11.5 Å². The van der Waals surface area contributed by atoms with E-state index in [0.29, 0.717) is 6.42 Å². The highest BCUT2D eigenvalue weighted by Crippen LogP contribution is 2.21. The summed E-state index contributed by atoms with van der Waals surface area (Å²) in [5.74, 6) is -0.854. The number of methoxy groups -OCH3 is 1. The average molecular weight is 255 g/mol. The van der Waals surface area contributed by atoms with Crippen LogP contribution in [0, 0.1) is 0 Å². The second-order valence-corrected chi connectivity index (χ2v) is 3.84. The molecule has 1 unspecified atom stereocenters. The minimum atomic E-state index is -0.529. The smallest absolute Gasteiger partial charge is 0.255 e. The summed E-state index contributed by atoms with van der Waals surface area (Å²) in [6.45, 7) is 0.173. The van der Waals surface area contributed by atoms with Crippen molar-refractivity contribution in [2.45, 2.75) is 12.5 Å². The van der Waals surface area contributed by atoms with E-state index in [2.05, 4.69) is 5.32 Å². The molecule has 0 bridgehead atoms. The zero-order valence-corrected chi connectivity index (χ0v) is 10.1. The number of aliphatic hydroxyl groups excluding tert-OH is 1. The van der Waals surface area contributed by atoms with Gasteiger partial charge < -0.3 is 25.4 Å². The molecule has 0 spiro atoms. The lowest BCUT2D eigenvalue weighted by molar-refractivity contribution is 0.0875. The number of phenols is 2. The summed E-state index contributed by atoms with van der Waals surface area (Å²) in [5.41, 5.74) is -0.0194. The normalized spacial score (nSPS) is 12.1. The molecule has 1 amide bonds. The van der Waals surface area contributed by atoms with E-state index in [1.807, 2.05) is 0 Å². The molecule has 1 atom stereocenters. The van der Waals surface area contributed by atoms with Crippen LogP contribution >= 0.6 is 0 Å². The first kappa shape index (κ1) is 14.3. The molecule has 0 heterocycles. The van der Waals surface area contributed by atoms with Gasteiger partial charge in [-0.1, -0.05) is 0 Å². The van der Waals surface area contributed by atoms with Gasteiger partial charge in [0, 0.05) is 13.7 Å². The number of aliphatic hydroxyl groups is 1. The lowest BCUT2D eigenvalue weighted by Gasteiger charge is -2.17. The van der Waals surface area contributed by atoms with Gasteiger partial charge in [-0.05, 0) is 24.6 Å². The number of hydrogen-bond donors (Lipinski definition) is 4. The third-order valence-corrected chi connectivity index (χ3v) is 2.41. The van der Waals surface area contributed by atoms with Gasteiger partial charge in [-0.2, -0.15) is 0 Å². The van der Waals surface area contributed by atoms with Gasteiger partial charge in [-0.15, -0.1) is 0 Å². The summed E-state index contributed by atoms with van der Waals surface area (Å²) in [6.07, 6.45) is 0.346. The third kappa shape index (κ3) is 3.90. The van der Waals surface area contributed by atoms with Crippen molar-refractivity contribution in [2.24, 2.45) is 0 Å². The van der Waals surface area contributed by atoms with Crippen molar-refractivity contribution in [2.75, 3.05) is 20.3 Å². The van der Waals surface area contributed by atoms with Crippen LogP contribution in [0.2, 0.25) is 0 Å². The first-order valence-electron chi connectivity index (χ1n) is 5.51. The Bertz CT molecular complexity index is 401. The number of benzene rings is 1. The van der Waals surface area contributed by atoms with Crippen molar-refractivity contribution in [3.63, 3.8) is 0 Å².